The van der Waals surface area contributed by atoms with Crippen LogP contribution in [-0.4, -0.2) is 36.7 Å². The van der Waals surface area contributed by atoms with Crippen molar-refractivity contribution in [3.05, 3.63) is 70.5 Å². The molecule has 0 unspecified atom stereocenters. The number of ether oxygens (including phenoxy) is 1. The molecular formula is C19H17BrN4O5S. The quantitative estimate of drug-likeness (QED) is 0.508. The zero-order valence-corrected chi connectivity index (χ0v) is 18.1. The zero-order valence-electron chi connectivity index (χ0n) is 15.7. The molecule has 0 spiro atoms. The molecule has 30 heavy (non-hydrogen) atoms. The van der Waals surface area contributed by atoms with Crippen molar-refractivity contribution in [3.63, 3.8) is 0 Å². The van der Waals surface area contributed by atoms with Crippen LogP contribution in [0.25, 0.3) is 5.69 Å². The Morgan fingerprint density at radius 1 is 1.20 bits per heavy atom. The van der Waals surface area contributed by atoms with Crippen LogP contribution < -0.4 is 10.5 Å². The molecule has 0 saturated carbocycles. The van der Waals surface area contributed by atoms with Gasteiger partial charge in [-0.25, -0.2) is 23.0 Å². The fraction of sp³-hybridized carbons (Fsp3) is 0.105. The summed E-state index contributed by atoms with van der Waals surface area (Å²) in [5, 5.41) is 12.0. The fourth-order valence-corrected chi connectivity index (χ4v) is 3.53. The largest absolute Gasteiger partial charge is 0.461 e. The van der Waals surface area contributed by atoms with Gasteiger partial charge in [0.15, 0.2) is 5.69 Å². The third kappa shape index (κ3) is 4.93. The highest BCUT2D eigenvalue weighted by molar-refractivity contribution is 9.10. The van der Waals surface area contributed by atoms with Crippen molar-refractivity contribution in [3.8, 4) is 5.69 Å². The maximum atomic E-state index is 12.7. The van der Waals surface area contributed by atoms with Gasteiger partial charge in [-0.1, -0.05) is 6.07 Å². The average molecular weight is 493 g/mol. The third-order valence-electron chi connectivity index (χ3n) is 3.95. The SMILES string of the molecule is CCOC(=O)c1ccn(-c2cccc(NC(=O)c3cc(S(N)(=O)=O)ccc3Br)c2)n1. The number of anilines is 1. The minimum absolute atomic E-state index is 0.107. The lowest BCUT2D eigenvalue weighted by Gasteiger charge is -2.10. The number of carbonyl (C=O) groups excluding carboxylic acids is 2. The van der Waals surface area contributed by atoms with Crippen molar-refractivity contribution in [2.45, 2.75) is 11.8 Å². The predicted molar refractivity (Wildman–Crippen MR) is 113 cm³/mol. The summed E-state index contributed by atoms with van der Waals surface area (Å²) in [6, 6.07) is 12.2. The second-order valence-electron chi connectivity index (χ2n) is 6.06. The maximum absolute atomic E-state index is 12.7. The Bertz CT molecular complexity index is 1220. The van der Waals surface area contributed by atoms with E-state index >= 15 is 0 Å². The summed E-state index contributed by atoms with van der Waals surface area (Å²) < 4.78 is 29.9. The van der Waals surface area contributed by atoms with Crippen LogP contribution in [0.15, 0.2) is 64.1 Å². The van der Waals surface area contributed by atoms with Crippen molar-refractivity contribution < 1.29 is 22.7 Å². The molecule has 0 radical (unpaired) electrons. The van der Waals surface area contributed by atoms with Crippen LogP contribution in [0, 0.1) is 0 Å². The van der Waals surface area contributed by atoms with Crippen molar-refractivity contribution in [2.24, 2.45) is 5.14 Å². The number of nitrogens with two attached hydrogens (primary N) is 1. The first-order valence-electron chi connectivity index (χ1n) is 8.66. The van der Waals surface area contributed by atoms with E-state index in [4.69, 9.17) is 9.88 Å². The summed E-state index contributed by atoms with van der Waals surface area (Å²) >= 11 is 3.24. The molecule has 156 valence electrons. The Kier molecular flexibility index (Phi) is 6.34. The van der Waals surface area contributed by atoms with Crippen LogP contribution in [0.2, 0.25) is 0 Å². The summed E-state index contributed by atoms with van der Waals surface area (Å²) in [7, 11) is -3.95. The van der Waals surface area contributed by atoms with E-state index in [1.165, 1.54) is 28.9 Å². The Morgan fingerprint density at radius 2 is 1.97 bits per heavy atom. The number of halogens is 1. The monoisotopic (exact) mass is 492 g/mol. The zero-order chi connectivity index (χ0) is 21.9. The van der Waals surface area contributed by atoms with Crippen molar-refractivity contribution in [2.75, 3.05) is 11.9 Å². The van der Waals surface area contributed by atoms with Crippen LogP contribution >= 0.6 is 15.9 Å². The standard InChI is InChI=1S/C19H17BrN4O5S/c1-2-29-19(26)17-8-9-24(23-17)13-5-3-4-12(10-13)22-18(25)15-11-14(30(21,27)28)6-7-16(15)20/h3-11H,2H2,1H3,(H,22,25)(H2,21,27,28). The second-order valence-corrected chi connectivity index (χ2v) is 8.47. The van der Waals surface area contributed by atoms with Gasteiger partial charge in [-0.05, 0) is 65.3 Å². The van der Waals surface area contributed by atoms with E-state index in [0.717, 1.165) is 0 Å². The molecule has 11 heteroatoms. The summed E-state index contributed by atoms with van der Waals surface area (Å²) in [6.07, 6.45) is 1.60. The number of amides is 1. The van der Waals surface area contributed by atoms with E-state index < -0.39 is 21.9 Å². The Balaban J connectivity index is 1.84. The highest BCUT2D eigenvalue weighted by Crippen LogP contribution is 2.22. The predicted octanol–water partition coefficient (Wildman–Crippen LogP) is 2.71. The minimum atomic E-state index is -3.95. The normalized spacial score (nSPS) is 11.2. The highest BCUT2D eigenvalue weighted by Gasteiger charge is 2.16. The van der Waals surface area contributed by atoms with Gasteiger partial charge in [-0.2, -0.15) is 5.10 Å². The van der Waals surface area contributed by atoms with Gasteiger partial charge >= 0.3 is 5.97 Å². The van der Waals surface area contributed by atoms with Gasteiger partial charge in [0.2, 0.25) is 10.0 Å². The number of esters is 1. The van der Waals surface area contributed by atoms with Gasteiger partial charge in [-0.3, -0.25) is 4.79 Å². The van der Waals surface area contributed by atoms with Crippen molar-refractivity contribution in [1.82, 2.24) is 9.78 Å². The van der Waals surface area contributed by atoms with Gasteiger partial charge in [0, 0.05) is 16.4 Å². The number of benzene rings is 2. The highest BCUT2D eigenvalue weighted by atomic mass is 79.9. The summed E-state index contributed by atoms with van der Waals surface area (Å²) in [5.74, 6) is -1.06. The maximum Gasteiger partial charge on any atom is 0.358 e. The first-order valence-corrected chi connectivity index (χ1v) is 11.0. The van der Waals surface area contributed by atoms with E-state index in [2.05, 4.69) is 26.3 Å². The molecule has 1 amide bonds. The fourth-order valence-electron chi connectivity index (χ4n) is 2.56. The molecule has 0 aliphatic rings. The van der Waals surface area contributed by atoms with Gasteiger partial charge in [0.25, 0.3) is 5.91 Å². The molecule has 0 atom stereocenters. The lowest BCUT2D eigenvalue weighted by atomic mass is 10.2. The Morgan fingerprint density at radius 3 is 2.67 bits per heavy atom. The van der Waals surface area contributed by atoms with Crippen LogP contribution in [-0.2, 0) is 14.8 Å². The molecule has 0 fully saturated rings. The molecule has 9 nitrogen and oxygen atoms in total. The lowest BCUT2D eigenvalue weighted by molar-refractivity contribution is 0.0519. The number of primary sulfonamides is 1. The molecule has 0 aliphatic carbocycles. The number of hydrogen-bond acceptors (Lipinski definition) is 6. The summed E-state index contributed by atoms with van der Waals surface area (Å²) in [4.78, 5) is 24.3. The van der Waals surface area contributed by atoms with Gasteiger partial charge in [0.05, 0.1) is 22.8 Å². The van der Waals surface area contributed by atoms with Gasteiger partial charge in [-0.15, -0.1) is 0 Å². The smallest absolute Gasteiger partial charge is 0.358 e. The number of rotatable bonds is 6. The van der Waals surface area contributed by atoms with E-state index in [1.807, 2.05) is 0 Å². The van der Waals surface area contributed by atoms with E-state index in [-0.39, 0.29) is 22.8 Å². The number of carbonyl (C=O) groups is 2. The lowest BCUT2D eigenvalue weighted by Crippen LogP contribution is -2.16. The van der Waals surface area contributed by atoms with Crippen LogP contribution in [0.3, 0.4) is 0 Å². The molecular weight excluding hydrogens is 476 g/mol. The van der Waals surface area contributed by atoms with E-state index in [0.29, 0.717) is 15.8 Å². The summed E-state index contributed by atoms with van der Waals surface area (Å²) in [6.45, 7) is 1.95. The molecule has 0 aliphatic heterocycles. The van der Waals surface area contributed by atoms with E-state index in [1.54, 1.807) is 37.4 Å². The number of nitrogens with one attached hydrogen (secondary N) is 1. The third-order valence-corrected chi connectivity index (χ3v) is 5.56. The summed E-state index contributed by atoms with van der Waals surface area (Å²) in [5.41, 5.74) is 1.31. The number of aromatic nitrogens is 2. The van der Waals surface area contributed by atoms with Crippen LogP contribution in [0.1, 0.15) is 27.8 Å². The van der Waals surface area contributed by atoms with Crippen LogP contribution in [0.4, 0.5) is 5.69 Å². The molecule has 3 aromatic rings. The molecule has 3 rings (SSSR count). The minimum Gasteiger partial charge on any atom is -0.461 e. The van der Waals surface area contributed by atoms with Gasteiger partial charge in [0.1, 0.15) is 0 Å². The average Bonchev–Trinajstić information content (AvgIpc) is 3.18. The molecule has 1 aromatic heterocycles. The molecule has 0 bridgehead atoms. The second kappa shape index (κ2) is 8.78. The molecule has 2 aromatic carbocycles. The first kappa shape index (κ1) is 21.7. The number of nitrogens with zero attached hydrogens (tertiary/aromatic N) is 2. The Hall–Kier alpha value is -3.02. The molecule has 1 heterocycles. The van der Waals surface area contributed by atoms with Gasteiger partial charge < -0.3 is 10.1 Å². The Labute approximate surface area is 181 Å². The number of sulfonamides is 1. The van der Waals surface area contributed by atoms with Crippen molar-refractivity contribution in [1.29, 1.82) is 0 Å². The van der Waals surface area contributed by atoms with Crippen LogP contribution in [0.5, 0.6) is 0 Å². The number of hydrogen-bond donors (Lipinski definition) is 2. The van der Waals surface area contributed by atoms with Crippen molar-refractivity contribution >= 4 is 43.5 Å². The first-order chi connectivity index (χ1) is 14.2. The topological polar surface area (TPSA) is 133 Å². The molecule has 0 saturated heterocycles. The molecule has 3 N–H and O–H groups in total. The van der Waals surface area contributed by atoms with E-state index in [9.17, 15) is 18.0 Å².